The molecule has 1 fully saturated rings. The van der Waals surface area contributed by atoms with Gasteiger partial charge in [-0.05, 0) is 30.0 Å². The summed E-state index contributed by atoms with van der Waals surface area (Å²) in [7, 11) is 1.53. The number of hydrogen-bond donors (Lipinski definition) is 1. The maximum Gasteiger partial charge on any atom is 0.295 e. The van der Waals surface area contributed by atoms with E-state index in [2.05, 4.69) is 4.98 Å². The van der Waals surface area contributed by atoms with E-state index in [4.69, 9.17) is 4.74 Å². The minimum atomic E-state index is -0.670. The lowest BCUT2D eigenvalue weighted by atomic mass is 9.99. The molecule has 0 saturated carbocycles. The van der Waals surface area contributed by atoms with E-state index >= 15 is 0 Å². The standard InChI is InChI=1S/C22H21N3O4S/c1-29-16-6-2-5-15(13-16)20(26)18-19(17-7-3-12-30-17)25(22(28)21(18)27)10-4-9-24-11-8-23-14-24/h2-3,5-8,11-14,19,26H,4,9-10H2,1H3/t19-/m0/s1. The van der Waals surface area contributed by atoms with Crippen molar-refractivity contribution in [3.8, 4) is 5.75 Å². The number of imidazole rings is 1. The molecule has 1 aliphatic heterocycles. The fourth-order valence-corrected chi connectivity index (χ4v) is 4.47. The van der Waals surface area contributed by atoms with E-state index in [-0.39, 0.29) is 11.3 Å². The smallest absolute Gasteiger partial charge is 0.295 e. The van der Waals surface area contributed by atoms with Gasteiger partial charge in [0.1, 0.15) is 11.5 Å². The van der Waals surface area contributed by atoms with Crippen molar-refractivity contribution >= 4 is 28.8 Å². The molecule has 1 aliphatic rings. The highest BCUT2D eigenvalue weighted by atomic mass is 32.1. The zero-order valence-electron chi connectivity index (χ0n) is 16.4. The van der Waals surface area contributed by atoms with Gasteiger partial charge in [0.05, 0.1) is 25.1 Å². The van der Waals surface area contributed by atoms with Crippen LogP contribution in [0.25, 0.3) is 5.76 Å². The second kappa shape index (κ2) is 8.54. The van der Waals surface area contributed by atoms with Crippen LogP contribution in [0.4, 0.5) is 0 Å². The summed E-state index contributed by atoms with van der Waals surface area (Å²) in [5.41, 5.74) is 0.547. The first-order valence-corrected chi connectivity index (χ1v) is 10.4. The lowest BCUT2D eigenvalue weighted by molar-refractivity contribution is -0.139. The van der Waals surface area contributed by atoms with E-state index in [0.29, 0.717) is 30.8 Å². The summed E-state index contributed by atoms with van der Waals surface area (Å²) >= 11 is 1.45. The monoisotopic (exact) mass is 423 g/mol. The molecule has 0 unspecified atom stereocenters. The van der Waals surface area contributed by atoms with Gasteiger partial charge in [-0.1, -0.05) is 18.2 Å². The van der Waals surface area contributed by atoms with Gasteiger partial charge < -0.3 is 19.3 Å². The zero-order valence-corrected chi connectivity index (χ0v) is 17.2. The van der Waals surface area contributed by atoms with Crippen molar-refractivity contribution in [2.75, 3.05) is 13.7 Å². The molecule has 8 heteroatoms. The number of aliphatic hydroxyl groups is 1. The van der Waals surface area contributed by atoms with Crippen LogP contribution in [0.2, 0.25) is 0 Å². The van der Waals surface area contributed by atoms with Crippen molar-refractivity contribution in [1.82, 2.24) is 14.5 Å². The molecule has 0 aliphatic carbocycles. The van der Waals surface area contributed by atoms with Crippen LogP contribution in [0.5, 0.6) is 5.75 Å². The van der Waals surface area contributed by atoms with Crippen LogP contribution >= 0.6 is 11.3 Å². The number of Topliss-reactive ketones (excluding diaryl/α,β-unsaturated/α-hetero) is 1. The van der Waals surface area contributed by atoms with Crippen molar-refractivity contribution in [3.63, 3.8) is 0 Å². The van der Waals surface area contributed by atoms with Gasteiger partial charge in [0.2, 0.25) is 0 Å². The summed E-state index contributed by atoms with van der Waals surface area (Å²) in [4.78, 5) is 32.2. The van der Waals surface area contributed by atoms with Gasteiger partial charge in [-0.3, -0.25) is 9.59 Å². The number of carbonyl (C=O) groups excluding carboxylic acids is 2. The topological polar surface area (TPSA) is 84.7 Å². The summed E-state index contributed by atoms with van der Waals surface area (Å²) in [6.45, 7) is 1.07. The number of aryl methyl sites for hydroxylation is 1. The molecule has 4 rings (SSSR count). The molecule has 1 amide bonds. The molecule has 1 aromatic carbocycles. The predicted molar refractivity (Wildman–Crippen MR) is 113 cm³/mol. The van der Waals surface area contributed by atoms with Gasteiger partial charge in [0.15, 0.2) is 0 Å². The average molecular weight is 423 g/mol. The Hall–Kier alpha value is -3.39. The highest BCUT2D eigenvalue weighted by molar-refractivity contribution is 7.10. The Morgan fingerprint density at radius 1 is 1.23 bits per heavy atom. The number of rotatable bonds is 7. The number of thiophene rings is 1. The third kappa shape index (κ3) is 3.73. The lowest BCUT2D eigenvalue weighted by Crippen LogP contribution is -2.31. The normalized spacial score (nSPS) is 18.2. The maximum absolute atomic E-state index is 12.9. The van der Waals surface area contributed by atoms with Crippen molar-refractivity contribution in [2.24, 2.45) is 0 Å². The highest BCUT2D eigenvalue weighted by Gasteiger charge is 2.46. The van der Waals surface area contributed by atoms with Crippen LogP contribution in [-0.4, -0.2) is 44.9 Å². The third-order valence-electron chi connectivity index (χ3n) is 5.07. The Morgan fingerprint density at radius 3 is 2.80 bits per heavy atom. The van der Waals surface area contributed by atoms with Gasteiger partial charge >= 0.3 is 0 Å². The van der Waals surface area contributed by atoms with Crippen LogP contribution in [0.1, 0.15) is 22.9 Å². The van der Waals surface area contributed by atoms with Crippen LogP contribution < -0.4 is 4.74 Å². The first kappa shape index (κ1) is 19.9. The largest absolute Gasteiger partial charge is 0.507 e. The van der Waals surface area contributed by atoms with Gasteiger partial charge in [-0.15, -0.1) is 11.3 Å². The van der Waals surface area contributed by atoms with Gasteiger partial charge in [0.25, 0.3) is 11.7 Å². The van der Waals surface area contributed by atoms with E-state index < -0.39 is 17.7 Å². The summed E-state index contributed by atoms with van der Waals surface area (Å²) < 4.78 is 7.15. The van der Waals surface area contributed by atoms with E-state index in [1.807, 2.05) is 28.3 Å². The number of benzene rings is 1. The summed E-state index contributed by atoms with van der Waals surface area (Å²) in [6.07, 6.45) is 5.93. The molecule has 154 valence electrons. The Balaban J connectivity index is 1.69. The van der Waals surface area contributed by atoms with E-state index in [1.54, 1.807) is 41.7 Å². The molecule has 0 radical (unpaired) electrons. The summed E-state index contributed by atoms with van der Waals surface area (Å²) in [5, 5.41) is 12.9. The van der Waals surface area contributed by atoms with Crippen molar-refractivity contribution in [1.29, 1.82) is 0 Å². The fraction of sp³-hybridized carbons (Fsp3) is 0.227. The molecule has 1 N–H and O–H groups in total. The Labute approximate surface area is 177 Å². The van der Waals surface area contributed by atoms with E-state index in [0.717, 1.165) is 4.88 Å². The SMILES string of the molecule is COc1cccc(C(O)=C2C(=O)C(=O)N(CCCn3ccnc3)[C@H]2c2cccs2)c1. The average Bonchev–Trinajstić information content (AvgIpc) is 3.52. The Morgan fingerprint density at radius 2 is 2.10 bits per heavy atom. The number of nitrogens with zero attached hydrogens (tertiary/aromatic N) is 3. The summed E-state index contributed by atoms with van der Waals surface area (Å²) in [5.74, 6) is -0.899. The molecule has 30 heavy (non-hydrogen) atoms. The molecule has 1 atom stereocenters. The first-order valence-electron chi connectivity index (χ1n) is 9.52. The number of carbonyl (C=O) groups is 2. The molecule has 7 nitrogen and oxygen atoms in total. The quantitative estimate of drug-likeness (QED) is 0.357. The number of likely N-dealkylation sites (tertiary alicyclic amines) is 1. The number of aromatic nitrogens is 2. The lowest BCUT2D eigenvalue weighted by Gasteiger charge is -2.24. The highest BCUT2D eigenvalue weighted by Crippen LogP contribution is 2.41. The second-order valence-corrected chi connectivity index (χ2v) is 7.87. The number of hydrogen-bond acceptors (Lipinski definition) is 6. The molecule has 3 heterocycles. The predicted octanol–water partition coefficient (Wildman–Crippen LogP) is 3.47. The molecule has 0 spiro atoms. The maximum atomic E-state index is 12.9. The van der Waals surface area contributed by atoms with E-state index in [1.165, 1.54) is 18.4 Å². The Kier molecular flexibility index (Phi) is 5.67. The van der Waals surface area contributed by atoms with Crippen molar-refractivity contribution in [2.45, 2.75) is 19.0 Å². The zero-order chi connectivity index (χ0) is 21.1. The first-order chi connectivity index (χ1) is 14.6. The fourth-order valence-electron chi connectivity index (χ4n) is 3.62. The van der Waals surface area contributed by atoms with Crippen LogP contribution in [0.3, 0.4) is 0 Å². The minimum absolute atomic E-state index is 0.110. The van der Waals surface area contributed by atoms with Crippen LogP contribution in [0, 0.1) is 0 Å². The molecule has 0 bridgehead atoms. The summed E-state index contributed by atoms with van der Waals surface area (Å²) in [6, 6.07) is 9.96. The number of aliphatic hydroxyl groups excluding tert-OH is 1. The van der Waals surface area contributed by atoms with E-state index in [9.17, 15) is 14.7 Å². The van der Waals surface area contributed by atoms with Gasteiger partial charge in [-0.25, -0.2) is 4.98 Å². The molecule has 3 aromatic rings. The Bertz CT molecular complexity index is 1070. The second-order valence-electron chi connectivity index (χ2n) is 6.89. The molecule has 2 aromatic heterocycles. The number of methoxy groups -OCH3 is 1. The van der Waals surface area contributed by atoms with Crippen LogP contribution in [-0.2, 0) is 16.1 Å². The number of ether oxygens (including phenoxy) is 1. The minimum Gasteiger partial charge on any atom is -0.507 e. The third-order valence-corrected chi connectivity index (χ3v) is 6.00. The molecular formula is C22H21N3O4S. The number of ketones is 1. The van der Waals surface area contributed by atoms with Crippen molar-refractivity contribution in [3.05, 3.63) is 76.5 Å². The molecular weight excluding hydrogens is 402 g/mol. The molecule has 1 saturated heterocycles. The number of amides is 1. The van der Waals surface area contributed by atoms with Gasteiger partial charge in [-0.2, -0.15) is 0 Å². The van der Waals surface area contributed by atoms with Gasteiger partial charge in [0, 0.05) is 35.9 Å². The van der Waals surface area contributed by atoms with Crippen molar-refractivity contribution < 1.29 is 19.4 Å². The van der Waals surface area contributed by atoms with Crippen LogP contribution in [0.15, 0.2) is 66.1 Å².